The Hall–Kier alpha value is -0.630. The third-order valence-corrected chi connectivity index (χ3v) is 4.36. The average Bonchev–Trinajstić information content (AvgIpc) is 2.29. The number of phenolic OH excluding ortho intramolecular Hbond substituents is 1. The summed E-state index contributed by atoms with van der Waals surface area (Å²) in [6, 6.07) is 5.17. The van der Waals surface area contributed by atoms with Crippen LogP contribution in [0, 0.1) is 0 Å². The molecule has 0 aliphatic rings. The maximum atomic E-state index is 11.3. The Morgan fingerprint density at radius 2 is 2.11 bits per heavy atom. The quantitative estimate of drug-likeness (QED) is 0.653. The number of phenols is 1. The van der Waals surface area contributed by atoms with Gasteiger partial charge < -0.3 is 10.4 Å². The molecule has 1 rings (SSSR count). The van der Waals surface area contributed by atoms with E-state index in [-0.39, 0.29) is 11.5 Å². The lowest BCUT2D eigenvalue weighted by molar-refractivity contribution is 0.471. The number of hydrogen-bond acceptors (Lipinski definition) is 4. The predicted molar refractivity (Wildman–Crippen MR) is 75.0 cm³/mol. The maximum absolute atomic E-state index is 11.3. The molecule has 0 bridgehead atoms. The number of sulfonamides is 1. The van der Waals surface area contributed by atoms with E-state index in [1.165, 1.54) is 0 Å². The second-order valence-corrected chi connectivity index (χ2v) is 6.56. The first-order valence-electron chi connectivity index (χ1n) is 5.60. The largest absolute Gasteiger partial charge is 0.507 e. The Morgan fingerprint density at radius 3 is 2.72 bits per heavy atom. The summed E-state index contributed by atoms with van der Waals surface area (Å²) in [7, 11) is -3.16. The summed E-state index contributed by atoms with van der Waals surface area (Å²) in [4.78, 5) is 0. The lowest BCUT2D eigenvalue weighted by atomic mass is 10.2. The number of benzene rings is 1. The molecule has 0 saturated heterocycles. The van der Waals surface area contributed by atoms with E-state index in [0.717, 1.165) is 5.56 Å². The van der Waals surface area contributed by atoms with E-state index in [2.05, 4.69) is 26.0 Å². The number of hydrogen-bond donors (Lipinski definition) is 3. The zero-order valence-electron chi connectivity index (χ0n) is 10.1. The molecule has 102 valence electrons. The van der Waals surface area contributed by atoms with Gasteiger partial charge in [0.2, 0.25) is 10.0 Å². The van der Waals surface area contributed by atoms with E-state index in [1.807, 2.05) is 0 Å². The molecule has 3 N–H and O–H groups in total. The van der Waals surface area contributed by atoms with Gasteiger partial charge >= 0.3 is 0 Å². The van der Waals surface area contributed by atoms with Crippen LogP contribution in [0.3, 0.4) is 0 Å². The molecule has 0 saturated carbocycles. The minimum atomic E-state index is -3.16. The van der Waals surface area contributed by atoms with Gasteiger partial charge in [0.1, 0.15) is 5.75 Å². The molecular formula is C11H17BrN2O3S. The standard InChI is InChI=1S/C11H17BrN2O3S/c1-2-14-18(16,17)6-5-13-8-9-3-4-11(15)10(12)7-9/h3-4,7,13-15H,2,5-6,8H2,1H3. The second-order valence-electron chi connectivity index (χ2n) is 3.78. The first-order valence-corrected chi connectivity index (χ1v) is 8.04. The fourth-order valence-electron chi connectivity index (χ4n) is 1.39. The van der Waals surface area contributed by atoms with Crippen molar-refractivity contribution >= 4 is 26.0 Å². The zero-order chi connectivity index (χ0) is 13.6. The molecule has 0 unspecified atom stereocenters. The van der Waals surface area contributed by atoms with Crippen molar-refractivity contribution in [3.63, 3.8) is 0 Å². The van der Waals surface area contributed by atoms with Crippen molar-refractivity contribution in [2.24, 2.45) is 0 Å². The van der Waals surface area contributed by atoms with Gasteiger partial charge in [-0.1, -0.05) is 13.0 Å². The molecule has 0 spiro atoms. The zero-order valence-corrected chi connectivity index (χ0v) is 12.5. The van der Waals surface area contributed by atoms with Crippen molar-refractivity contribution in [1.29, 1.82) is 0 Å². The van der Waals surface area contributed by atoms with Crippen LogP contribution in [0.5, 0.6) is 5.75 Å². The van der Waals surface area contributed by atoms with E-state index in [1.54, 1.807) is 25.1 Å². The smallest absolute Gasteiger partial charge is 0.212 e. The van der Waals surface area contributed by atoms with Crippen molar-refractivity contribution < 1.29 is 13.5 Å². The molecular weight excluding hydrogens is 320 g/mol. The molecule has 0 aliphatic heterocycles. The van der Waals surface area contributed by atoms with Crippen LogP contribution in [0.2, 0.25) is 0 Å². The van der Waals surface area contributed by atoms with Crippen molar-refractivity contribution in [3.8, 4) is 5.75 Å². The minimum Gasteiger partial charge on any atom is -0.507 e. The fraction of sp³-hybridized carbons (Fsp3) is 0.455. The molecule has 0 amide bonds. The van der Waals surface area contributed by atoms with Crippen molar-refractivity contribution in [1.82, 2.24) is 10.0 Å². The summed E-state index contributed by atoms with van der Waals surface area (Å²) < 4.78 is 25.8. The normalized spacial score (nSPS) is 11.7. The molecule has 1 aromatic rings. The Balaban J connectivity index is 2.36. The Bertz CT molecular complexity index is 491. The summed E-state index contributed by atoms with van der Waals surface area (Å²) in [5.41, 5.74) is 0.973. The van der Waals surface area contributed by atoms with Gasteiger partial charge in [-0.05, 0) is 33.6 Å². The van der Waals surface area contributed by atoms with Crippen molar-refractivity contribution in [3.05, 3.63) is 28.2 Å². The van der Waals surface area contributed by atoms with Crippen LogP contribution in [0.1, 0.15) is 12.5 Å². The summed E-state index contributed by atoms with van der Waals surface area (Å²) in [5.74, 6) is 0.244. The highest BCUT2D eigenvalue weighted by molar-refractivity contribution is 9.10. The highest BCUT2D eigenvalue weighted by atomic mass is 79.9. The molecule has 0 fully saturated rings. The highest BCUT2D eigenvalue weighted by Gasteiger charge is 2.07. The Labute approximate surface area is 116 Å². The topological polar surface area (TPSA) is 78.4 Å². The molecule has 0 radical (unpaired) electrons. The van der Waals surface area contributed by atoms with Crippen molar-refractivity contribution in [2.75, 3.05) is 18.8 Å². The summed E-state index contributed by atoms with van der Waals surface area (Å²) in [5, 5.41) is 12.4. The van der Waals surface area contributed by atoms with Gasteiger partial charge in [0.05, 0.1) is 10.2 Å². The van der Waals surface area contributed by atoms with E-state index in [9.17, 15) is 13.5 Å². The van der Waals surface area contributed by atoms with Crippen molar-refractivity contribution in [2.45, 2.75) is 13.5 Å². The van der Waals surface area contributed by atoms with Gasteiger partial charge in [0.15, 0.2) is 0 Å². The molecule has 0 heterocycles. The van der Waals surface area contributed by atoms with E-state index in [0.29, 0.717) is 24.1 Å². The minimum absolute atomic E-state index is 0.0556. The highest BCUT2D eigenvalue weighted by Crippen LogP contribution is 2.23. The molecule has 0 aliphatic carbocycles. The van der Waals surface area contributed by atoms with Gasteiger partial charge in [0, 0.05) is 19.6 Å². The Kier molecular flexibility index (Phi) is 6.07. The Morgan fingerprint density at radius 1 is 1.39 bits per heavy atom. The number of halogens is 1. The maximum Gasteiger partial charge on any atom is 0.212 e. The third-order valence-electron chi connectivity index (χ3n) is 2.25. The van der Waals surface area contributed by atoms with Gasteiger partial charge in [0.25, 0.3) is 0 Å². The van der Waals surface area contributed by atoms with Gasteiger partial charge in [-0.25, -0.2) is 13.1 Å². The van der Waals surface area contributed by atoms with Crippen LogP contribution >= 0.6 is 15.9 Å². The summed E-state index contributed by atoms with van der Waals surface area (Å²) in [6.45, 7) is 3.10. The van der Waals surface area contributed by atoms with E-state index < -0.39 is 10.0 Å². The number of aromatic hydroxyl groups is 1. The SMILES string of the molecule is CCNS(=O)(=O)CCNCc1ccc(O)c(Br)c1. The van der Waals surface area contributed by atoms with Crippen LogP contribution in [0.25, 0.3) is 0 Å². The third kappa shape index (κ3) is 5.34. The van der Waals surface area contributed by atoms with E-state index >= 15 is 0 Å². The molecule has 7 heteroatoms. The molecule has 0 atom stereocenters. The van der Waals surface area contributed by atoms with E-state index in [4.69, 9.17) is 0 Å². The first kappa shape index (κ1) is 15.4. The van der Waals surface area contributed by atoms with Gasteiger partial charge in [-0.3, -0.25) is 0 Å². The fourth-order valence-corrected chi connectivity index (χ4v) is 2.82. The first-order chi connectivity index (χ1) is 8.44. The average molecular weight is 337 g/mol. The van der Waals surface area contributed by atoms with Crippen LogP contribution < -0.4 is 10.0 Å². The number of nitrogens with one attached hydrogen (secondary N) is 2. The summed E-state index contributed by atoms with van der Waals surface area (Å²) >= 11 is 3.22. The monoisotopic (exact) mass is 336 g/mol. The van der Waals surface area contributed by atoms with Crippen LogP contribution in [0.15, 0.2) is 22.7 Å². The number of rotatable bonds is 7. The molecule has 1 aromatic carbocycles. The lowest BCUT2D eigenvalue weighted by Gasteiger charge is -2.07. The second kappa shape index (κ2) is 7.08. The lowest BCUT2D eigenvalue weighted by Crippen LogP contribution is -2.31. The molecule has 18 heavy (non-hydrogen) atoms. The molecule has 5 nitrogen and oxygen atoms in total. The summed E-state index contributed by atoms with van der Waals surface area (Å²) in [6.07, 6.45) is 0. The predicted octanol–water partition coefficient (Wildman–Crippen LogP) is 1.18. The van der Waals surface area contributed by atoms with Gasteiger partial charge in [-0.15, -0.1) is 0 Å². The van der Waals surface area contributed by atoms with Crippen LogP contribution in [-0.2, 0) is 16.6 Å². The van der Waals surface area contributed by atoms with Gasteiger partial charge in [-0.2, -0.15) is 0 Å². The van der Waals surface area contributed by atoms with Crippen LogP contribution in [-0.4, -0.2) is 32.4 Å². The van der Waals surface area contributed by atoms with Crippen LogP contribution in [0.4, 0.5) is 0 Å². The molecule has 0 aromatic heterocycles.